The van der Waals surface area contributed by atoms with E-state index in [1.54, 1.807) is 13.3 Å². The number of rotatable bonds is 6. The number of ether oxygens (including phenoxy) is 1. The number of hydrogen-bond acceptors (Lipinski definition) is 5. The lowest BCUT2D eigenvalue weighted by atomic mass is 10.4. The predicted octanol–water partition coefficient (Wildman–Crippen LogP) is 0.144. The number of nitrogens with zero attached hydrogens (tertiary/aromatic N) is 2. The van der Waals surface area contributed by atoms with Crippen LogP contribution in [-0.2, 0) is 16.1 Å². The van der Waals surface area contributed by atoms with Gasteiger partial charge >= 0.3 is 0 Å². The first kappa shape index (κ1) is 10.0. The molecule has 5 nitrogen and oxygen atoms in total. The van der Waals surface area contributed by atoms with Crippen molar-refractivity contribution in [1.82, 2.24) is 15.4 Å². The van der Waals surface area contributed by atoms with Crippen molar-refractivity contribution >= 4 is 0 Å². The number of nitrogens with one attached hydrogen (secondary N) is 1. The summed E-state index contributed by atoms with van der Waals surface area (Å²) in [5.74, 6) is 0. The van der Waals surface area contributed by atoms with Gasteiger partial charge in [0.2, 0.25) is 0 Å². The Hall–Kier alpha value is -1.04. The van der Waals surface area contributed by atoms with Crippen LogP contribution < -0.4 is 5.48 Å². The molecule has 1 aromatic heterocycles. The molecule has 0 spiro atoms. The topological polar surface area (TPSA) is 56.3 Å². The molecule has 1 aromatic rings. The molecule has 0 aliphatic carbocycles. The molecule has 0 aromatic carbocycles. The molecule has 0 unspecified atom stereocenters. The summed E-state index contributed by atoms with van der Waals surface area (Å²) in [7, 11) is 1.63. The van der Waals surface area contributed by atoms with E-state index in [1.807, 2.05) is 6.07 Å². The Morgan fingerprint density at radius 1 is 1.46 bits per heavy atom. The van der Waals surface area contributed by atoms with E-state index >= 15 is 0 Å². The average molecular weight is 183 g/mol. The zero-order valence-corrected chi connectivity index (χ0v) is 7.56. The van der Waals surface area contributed by atoms with Crippen LogP contribution >= 0.6 is 0 Å². The maximum absolute atomic E-state index is 5.04. The third kappa shape index (κ3) is 4.51. The molecule has 1 N–H and O–H groups in total. The van der Waals surface area contributed by atoms with Gasteiger partial charge in [-0.2, -0.15) is 5.48 Å². The first-order valence-electron chi connectivity index (χ1n) is 4.02. The van der Waals surface area contributed by atoms with E-state index in [0.29, 0.717) is 19.8 Å². The highest BCUT2D eigenvalue weighted by molar-refractivity contribution is 4.96. The average Bonchev–Trinajstić information content (AvgIpc) is 2.19. The van der Waals surface area contributed by atoms with E-state index in [-0.39, 0.29) is 0 Å². The molecule has 0 radical (unpaired) electrons. The lowest BCUT2D eigenvalue weighted by molar-refractivity contribution is 0.00297. The predicted molar refractivity (Wildman–Crippen MR) is 46.7 cm³/mol. The highest BCUT2D eigenvalue weighted by Gasteiger charge is 1.91. The van der Waals surface area contributed by atoms with E-state index in [2.05, 4.69) is 15.4 Å². The molecule has 1 heterocycles. The minimum absolute atomic E-state index is 0.529. The lowest BCUT2D eigenvalue weighted by Crippen LogP contribution is -2.17. The van der Waals surface area contributed by atoms with E-state index in [4.69, 9.17) is 9.57 Å². The molecule has 0 bridgehead atoms. The second kappa shape index (κ2) is 6.47. The lowest BCUT2D eigenvalue weighted by Gasteiger charge is -2.03. The van der Waals surface area contributed by atoms with Crippen LogP contribution in [0.4, 0.5) is 0 Å². The van der Waals surface area contributed by atoms with Gasteiger partial charge < -0.3 is 4.74 Å². The van der Waals surface area contributed by atoms with Crippen LogP contribution in [0.2, 0.25) is 0 Å². The summed E-state index contributed by atoms with van der Waals surface area (Å²) in [6.07, 6.45) is 3.20. The van der Waals surface area contributed by atoms with E-state index < -0.39 is 0 Å². The summed E-state index contributed by atoms with van der Waals surface area (Å²) < 4.78 is 4.80. The molecule has 5 heteroatoms. The van der Waals surface area contributed by atoms with Gasteiger partial charge in [-0.3, -0.25) is 4.84 Å². The van der Waals surface area contributed by atoms with Crippen molar-refractivity contribution in [2.75, 3.05) is 20.3 Å². The fourth-order valence-electron chi connectivity index (χ4n) is 0.745. The van der Waals surface area contributed by atoms with Crippen molar-refractivity contribution in [1.29, 1.82) is 0 Å². The molecule has 0 aliphatic heterocycles. The molecule has 72 valence electrons. The van der Waals surface area contributed by atoms with Crippen LogP contribution in [0.1, 0.15) is 5.69 Å². The Bertz CT molecular complexity index is 218. The summed E-state index contributed by atoms with van der Waals surface area (Å²) in [6, 6.07) is 1.83. The Kier molecular flexibility index (Phi) is 5.00. The molecule has 1 rings (SSSR count). The smallest absolute Gasteiger partial charge is 0.115 e. The van der Waals surface area contributed by atoms with E-state index in [0.717, 1.165) is 5.69 Å². The van der Waals surface area contributed by atoms with Gasteiger partial charge in [0, 0.05) is 13.3 Å². The highest BCUT2D eigenvalue weighted by atomic mass is 16.7. The molecule has 13 heavy (non-hydrogen) atoms. The second-order valence-electron chi connectivity index (χ2n) is 2.36. The Balaban J connectivity index is 2.07. The van der Waals surface area contributed by atoms with Crippen LogP contribution in [0.3, 0.4) is 0 Å². The minimum atomic E-state index is 0.529. The monoisotopic (exact) mass is 183 g/mol. The standard InChI is InChI=1S/C8H13N3O2/c1-12-4-5-13-11-6-8-2-3-9-7-10-8/h2-3,7,11H,4-6H2,1H3. The van der Waals surface area contributed by atoms with E-state index in [9.17, 15) is 0 Å². The largest absolute Gasteiger partial charge is 0.382 e. The maximum atomic E-state index is 5.04. The van der Waals surface area contributed by atoms with Crippen molar-refractivity contribution in [2.24, 2.45) is 0 Å². The van der Waals surface area contributed by atoms with Gasteiger partial charge in [0.25, 0.3) is 0 Å². The quantitative estimate of drug-likeness (QED) is 0.502. The molecular formula is C8H13N3O2. The summed E-state index contributed by atoms with van der Waals surface area (Å²) >= 11 is 0. The summed E-state index contributed by atoms with van der Waals surface area (Å²) in [4.78, 5) is 12.9. The van der Waals surface area contributed by atoms with Crippen molar-refractivity contribution in [3.8, 4) is 0 Å². The van der Waals surface area contributed by atoms with Gasteiger partial charge in [-0.05, 0) is 6.07 Å². The molecule has 0 amide bonds. The SMILES string of the molecule is COCCONCc1ccncn1. The van der Waals surface area contributed by atoms with Gasteiger partial charge in [-0.25, -0.2) is 9.97 Å². The zero-order valence-electron chi connectivity index (χ0n) is 7.56. The van der Waals surface area contributed by atoms with Crippen molar-refractivity contribution in [2.45, 2.75) is 6.54 Å². The summed E-state index contributed by atoms with van der Waals surface area (Å²) in [5.41, 5.74) is 3.66. The zero-order chi connectivity index (χ0) is 9.36. The van der Waals surface area contributed by atoms with E-state index in [1.165, 1.54) is 6.33 Å². The molecule has 0 saturated carbocycles. The maximum Gasteiger partial charge on any atom is 0.115 e. The van der Waals surface area contributed by atoms with Crippen LogP contribution in [0.5, 0.6) is 0 Å². The minimum Gasteiger partial charge on any atom is -0.382 e. The highest BCUT2D eigenvalue weighted by Crippen LogP contribution is 1.88. The van der Waals surface area contributed by atoms with Crippen LogP contribution in [-0.4, -0.2) is 30.3 Å². The molecule has 0 saturated heterocycles. The molecule has 0 atom stereocenters. The Morgan fingerprint density at radius 2 is 2.38 bits per heavy atom. The third-order valence-electron chi connectivity index (χ3n) is 1.39. The number of methoxy groups -OCH3 is 1. The van der Waals surface area contributed by atoms with Gasteiger partial charge in [-0.1, -0.05) is 0 Å². The molecule has 0 fully saturated rings. The van der Waals surface area contributed by atoms with Gasteiger partial charge in [0.1, 0.15) is 6.33 Å². The number of hydroxylamine groups is 1. The van der Waals surface area contributed by atoms with Crippen LogP contribution in [0.15, 0.2) is 18.6 Å². The first-order valence-corrected chi connectivity index (χ1v) is 4.02. The van der Waals surface area contributed by atoms with Crippen LogP contribution in [0.25, 0.3) is 0 Å². The normalized spacial score (nSPS) is 10.2. The second-order valence-corrected chi connectivity index (χ2v) is 2.36. The van der Waals surface area contributed by atoms with Crippen molar-refractivity contribution in [3.05, 3.63) is 24.3 Å². The summed E-state index contributed by atoms with van der Waals surface area (Å²) in [5, 5.41) is 0. The number of aromatic nitrogens is 2. The summed E-state index contributed by atoms with van der Waals surface area (Å²) in [6.45, 7) is 1.69. The molecular weight excluding hydrogens is 170 g/mol. The van der Waals surface area contributed by atoms with Gasteiger partial charge in [0.15, 0.2) is 0 Å². The van der Waals surface area contributed by atoms with Gasteiger partial charge in [0.05, 0.1) is 25.5 Å². The third-order valence-corrected chi connectivity index (χ3v) is 1.39. The van der Waals surface area contributed by atoms with Gasteiger partial charge in [-0.15, -0.1) is 0 Å². The fraction of sp³-hybridized carbons (Fsp3) is 0.500. The Labute approximate surface area is 77.1 Å². The number of hydrogen-bond donors (Lipinski definition) is 1. The Morgan fingerprint density at radius 3 is 3.08 bits per heavy atom. The first-order chi connectivity index (χ1) is 6.43. The molecule has 0 aliphatic rings. The van der Waals surface area contributed by atoms with Crippen LogP contribution in [0, 0.1) is 0 Å². The van der Waals surface area contributed by atoms with Crippen molar-refractivity contribution < 1.29 is 9.57 Å². The fourth-order valence-corrected chi connectivity index (χ4v) is 0.745. The van der Waals surface area contributed by atoms with Crippen molar-refractivity contribution in [3.63, 3.8) is 0 Å².